The van der Waals surface area contributed by atoms with Crippen LogP contribution >= 0.6 is 27.3 Å². The zero-order chi connectivity index (χ0) is 13.1. The van der Waals surface area contributed by atoms with Crippen molar-refractivity contribution in [3.05, 3.63) is 39.3 Å². The van der Waals surface area contributed by atoms with E-state index in [2.05, 4.69) is 20.9 Å². The first kappa shape index (κ1) is 13.2. The van der Waals surface area contributed by atoms with Gasteiger partial charge in [0.1, 0.15) is 5.01 Å². The minimum atomic E-state index is -0.799. The van der Waals surface area contributed by atoms with Gasteiger partial charge in [0.2, 0.25) is 0 Å². The highest BCUT2D eigenvalue weighted by molar-refractivity contribution is 9.11. The summed E-state index contributed by atoms with van der Waals surface area (Å²) in [5, 5.41) is 9.60. The lowest BCUT2D eigenvalue weighted by Gasteiger charge is -1.96. The molecular weight excluding hydrogens is 314 g/mol. The maximum Gasteiger partial charge on any atom is 0.303 e. The lowest BCUT2D eigenvalue weighted by molar-refractivity contribution is -0.136. The Hall–Kier alpha value is -1.20. The number of carboxylic acids is 1. The summed E-state index contributed by atoms with van der Waals surface area (Å²) in [7, 11) is 0. The minimum Gasteiger partial charge on any atom is -0.481 e. The minimum absolute atomic E-state index is 0.107. The highest BCUT2D eigenvalue weighted by atomic mass is 79.9. The number of aromatic nitrogens is 1. The van der Waals surface area contributed by atoms with Gasteiger partial charge in [0.25, 0.3) is 0 Å². The van der Waals surface area contributed by atoms with Crippen LogP contribution in [0.1, 0.15) is 17.7 Å². The van der Waals surface area contributed by atoms with Gasteiger partial charge in [0.15, 0.2) is 0 Å². The monoisotopic (exact) mass is 325 g/mol. The van der Waals surface area contributed by atoms with Crippen LogP contribution < -0.4 is 0 Å². The van der Waals surface area contributed by atoms with Crippen molar-refractivity contribution in [1.82, 2.24) is 4.98 Å². The lowest BCUT2D eigenvalue weighted by Crippen LogP contribution is -1.98. The molecule has 0 fully saturated rings. The van der Waals surface area contributed by atoms with E-state index in [0.29, 0.717) is 6.42 Å². The van der Waals surface area contributed by atoms with Crippen LogP contribution in [0.4, 0.5) is 0 Å². The number of aryl methyl sites for hydroxylation is 2. The number of hydrogen-bond donors (Lipinski definition) is 1. The molecule has 0 saturated carbocycles. The summed E-state index contributed by atoms with van der Waals surface area (Å²) in [4.78, 5) is 15.0. The molecule has 0 spiro atoms. The second-order valence-corrected chi connectivity index (χ2v) is 6.32. The maximum absolute atomic E-state index is 10.6. The van der Waals surface area contributed by atoms with Crippen LogP contribution in [-0.2, 0) is 11.2 Å². The molecule has 0 atom stereocenters. The van der Waals surface area contributed by atoms with Crippen molar-refractivity contribution < 1.29 is 9.90 Å². The molecule has 94 valence electrons. The number of nitrogens with zero attached hydrogens (tertiary/aromatic N) is 1. The van der Waals surface area contributed by atoms with Crippen molar-refractivity contribution >= 4 is 33.2 Å². The summed E-state index contributed by atoms with van der Waals surface area (Å²) >= 11 is 4.98. The van der Waals surface area contributed by atoms with Gasteiger partial charge in [-0.1, -0.05) is 29.8 Å². The van der Waals surface area contributed by atoms with Crippen LogP contribution in [0, 0.1) is 6.92 Å². The van der Waals surface area contributed by atoms with Crippen molar-refractivity contribution in [2.75, 3.05) is 0 Å². The Labute approximate surface area is 118 Å². The Balaban J connectivity index is 2.22. The summed E-state index contributed by atoms with van der Waals surface area (Å²) in [6.07, 6.45) is 0.563. The molecule has 0 aliphatic heterocycles. The smallest absolute Gasteiger partial charge is 0.303 e. The van der Waals surface area contributed by atoms with Gasteiger partial charge in [-0.2, -0.15) is 0 Å². The molecule has 5 heteroatoms. The normalized spacial score (nSPS) is 10.6. The number of aliphatic carboxylic acids is 1. The largest absolute Gasteiger partial charge is 0.481 e. The van der Waals surface area contributed by atoms with Crippen LogP contribution in [0.25, 0.3) is 10.6 Å². The average Bonchev–Trinajstić information content (AvgIpc) is 2.69. The number of carbonyl (C=O) groups is 1. The van der Waals surface area contributed by atoms with Crippen LogP contribution in [0.2, 0.25) is 0 Å². The fraction of sp³-hybridized carbons (Fsp3) is 0.231. The van der Waals surface area contributed by atoms with Gasteiger partial charge in [0, 0.05) is 12.0 Å². The van der Waals surface area contributed by atoms with E-state index in [4.69, 9.17) is 5.11 Å². The van der Waals surface area contributed by atoms with E-state index in [1.165, 1.54) is 16.9 Å². The maximum atomic E-state index is 10.6. The van der Waals surface area contributed by atoms with Crippen LogP contribution in [0.5, 0.6) is 0 Å². The molecule has 0 bridgehead atoms. The average molecular weight is 326 g/mol. The molecule has 1 heterocycles. The van der Waals surface area contributed by atoms with E-state index in [-0.39, 0.29) is 6.42 Å². The molecule has 1 aromatic heterocycles. The topological polar surface area (TPSA) is 50.2 Å². The van der Waals surface area contributed by atoms with Gasteiger partial charge in [0.05, 0.1) is 15.9 Å². The highest BCUT2D eigenvalue weighted by Gasteiger charge is 2.11. The third kappa shape index (κ3) is 3.17. The second-order valence-electron chi connectivity index (χ2n) is 4.00. The summed E-state index contributed by atoms with van der Waals surface area (Å²) in [5.74, 6) is -0.799. The van der Waals surface area contributed by atoms with E-state index in [1.807, 2.05) is 31.2 Å². The highest BCUT2D eigenvalue weighted by Crippen LogP contribution is 2.32. The molecule has 0 aliphatic rings. The third-order valence-electron chi connectivity index (χ3n) is 2.52. The number of benzene rings is 1. The van der Waals surface area contributed by atoms with Gasteiger partial charge in [-0.05, 0) is 22.9 Å². The van der Waals surface area contributed by atoms with Crippen LogP contribution in [0.3, 0.4) is 0 Å². The number of rotatable bonds is 4. The zero-order valence-electron chi connectivity index (χ0n) is 9.81. The molecule has 1 N–H and O–H groups in total. The number of hydrogen-bond acceptors (Lipinski definition) is 3. The van der Waals surface area contributed by atoms with Crippen molar-refractivity contribution in [3.8, 4) is 10.6 Å². The Kier molecular flexibility index (Phi) is 4.14. The van der Waals surface area contributed by atoms with Crippen molar-refractivity contribution in [3.63, 3.8) is 0 Å². The molecule has 0 aliphatic carbocycles. The molecule has 2 aromatic rings. The van der Waals surface area contributed by atoms with E-state index in [9.17, 15) is 4.79 Å². The number of halogens is 1. The van der Waals surface area contributed by atoms with E-state index < -0.39 is 5.97 Å². The SMILES string of the molecule is Cc1ccc(-c2nc(CCC(=O)O)c(Br)s2)cc1. The first-order valence-corrected chi connectivity index (χ1v) is 7.11. The lowest BCUT2D eigenvalue weighted by atomic mass is 10.2. The van der Waals surface area contributed by atoms with Crippen molar-refractivity contribution in [2.24, 2.45) is 0 Å². The molecular formula is C13H12BrNO2S. The molecule has 0 unspecified atom stereocenters. The number of carboxylic acid groups (broad SMARTS) is 1. The zero-order valence-corrected chi connectivity index (χ0v) is 12.2. The molecule has 0 radical (unpaired) electrons. The van der Waals surface area contributed by atoms with Crippen LogP contribution in [-0.4, -0.2) is 16.1 Å². The van der Waals surface area contributed by atoms with Gasteiger partial charge >= 0.3 is 5.97 Å². The summed E-state index contributed by atoms with van der Waals surface area (Å²) < 4.78 is 0.916. The molecule has 2 rings (SSSR count). The van der Waals surface area contributed by atoms with Crippen LogP contribution in [0.15, 0.2) is 28.1 Å². The number of thiazole rings is 1. The summed E-state index contributed by atoms with van der Waals surface area (Å²) in [5.41, 5.74) is 3.09. The van der Waals surface area contributed by atoms with E-state index >= 15 is 0 Å². The Bertz CT molecular complexity index is 563. The summed E-state index contributed by atoms with van der Waals surface area (Å²) in [6, 6.07) is 8.15. The quantitative estimate of drug-likeness (QED) is 0.927. The fourth-order valence-corrected chi connectivity index (χ4v) is 3.12. The Morgan fingerprint density at radius 3 is 2.67 bits per heavy atom. The molecule has 3 nitrogen and oxygen atoms in total. The first-order valence-electron chi connectivity index (χ1n) is 5.50. The van der Waals surface area contributed by atoms with Gasteiger partial charge < -0.3 is 5.11 Å². The molecule has 1 aromatic carbocycles. The molecule has 18 heavy (non-hydrogen) atoms. The predicted molar refractivity (Wildman–Crippen MR) is 75.9 cm³/mol. The third-order valence-corrected chi connectivity index (χ3v) is 4.40. The van der Waals surface area contributed by atoms with Gasteiger partial charge in [-0.15, -0.1) is 11.3 Å². The van der Waals surface area contributed by atoms with E-state index in [1.54, 1.807) is 0 Å². The Morgan fingerprint density at radius 1 is 1.39 bits per heavy atom. The summed E-state index contributed by atoms with van der Waals surface area (Å²) in [6.45, 7) is 2.04. The second kappa shape index (κ2) is 5.63. The Morgan fingerprint density at radius 2 is 2.06 bits per heavy atom. The molecule has 0 amide bonds. The van der Waals surface area contributed by atoms with E-state index in [0.717, 1.165) is 20.1 Å². The first-order chi connectivity index (χ1) is 8.56. The van der Waals surface area contributed by atoms with Crippen molar-refractivity contribution in [1.29, 1.82) is 0 Å². The molecule has 0 saturated heterocycles. The standard InChI is InChI=1S/C13H12BrNO2S/c1-8-2-4-9(5-3-8)13-15-10(12(14)18-13)6-7-11(16)17/h2-5H,6-7H2,1H3,(H,16,17). The fourth-order valence-electron chi connectivity index (χ4n) is 1.53. The predicted octanol–water partition coefficient (Wildman–Crippen LogP) is 3.90. The van der Waals surface area contributed by atoms with Crippen molar-refractivity contribution in [2.45, 2.75) is 19.8 Å². The van der Waals surface area contributed by atoms with Gasteiger partial charge in [-0.25, -0.2) is 4.98 Å². The van der Waals surface area contributed by atoms with Gasteiger partial charge in [-0.3, -0.25) is 4.79 Å².